The molecule has 1 aliphatic heterocycles. The molecule has 0 radical (unpaired) electrons. The summed E-state index contributed by atoms with van der Waals surface area (Å²) in [4.78, 5) is 0. The minimum atomic E-state index is -0.809. The molecular formula is C17H30O3. The fraction of sp³-hybridized carbons (Fsp3) is 0.882. The number of fused-ring (bicyclic) bond motifs is 1. The Morgan fingerprint density at radius 2 is 1.80 bits per heavy atom. The molecule has 2 N–H and O–H groups in total. The number of hydrogen-bond acceptors (Lipinski definition) is 3. The first-order valence-electron chi connectivity index (χ1n) is 7.91. The molecule has 0 aromatic heterocycles. The second-order valence-electron chi connectivity index (χ2n) is 7.56. The van der Waals surface area contributed by atoms with Crippen LogP contribution in [0.2, 0.25) is 0 Å². The van der Waals surface area contributed by atoms with Gasteiger partial charge < -0.3 is 14.9 Å². The van der Waals surface area contributed by atoms with E-state index in [1.54, 1.807) is 0 Å². The molecule has 2 rings (SSSR count). The lowest BCUT2D eigenvalue weighted by Gasteiger charge is -2.61. The molecule has 0 amide bonds. The molecule has 20 heavy (non-hydrogen) atoms. The Kier molecular flexibility index (Phi) is 3.86. The van der Waals surface area contributed by atoms with Gasteiger partial charge in [0.15, 0.2) is 0 Å². The molecule has 0 bridgehead atoms. The van der Waals surface area contributed by atoms with E-state index in [1.807, 2.05) is 13.0 Å². The standard InChI is InChI=1S/C17H30O3/c1-6-16(19)10-13(11-18)17(7-2)15(5,12-16)9-8-14(3,4)20-17/h10,18-19H,6-9,11-12H2,1-5H3/t15-,16+,17+/m1/s1. The first kappa shape index (κ1) is 16.0. The van der Waals surface area contributed by atoms with Gasteiger partial charge in [0.2, 0.25) is 0 Å². The molecular weight excluding hydrogens is 252 g/mol. The molecule has 0 saturated carbocycles. The fourth-order valence-electron chi connectivity index (χ4n) is 4.40. The van der Waals surface area contributed by atoms with Gasteiger partial charge in [0.1, 0.15) is 0 Å². The molecule has 0 aromatic carbocycles. The van der Waals surface area contributed by atoms with Crippen LogP contribution in [0.4, 0.5) is 0 Å². The summed E-state index contributed by atoms with van der Waals surface area (Å²) >= 11 is 0. The molecule has 3 nitrogen and oxygen atoms in total. The SMILES string of the molecule is CC[C@]1(O)C=C(CO)[C@]2(CC)OC(C)(C)CC[C@]2(C)C1. The molecule has 2 aliphatic rings. The number of aliphatic hydroxyl groups is 2. The smallest absolute Gasteiger partial charge is 0.0973 e. The molecule has 0 unspecified atom stereocenters. The van der Waals surface area contributed by atoms with E-state index in [2.05, 4.69) is 27.7 Å². The van der Waals surface area contributed by atoms with Crippen molar-refractivity contribution in [2.24, 2.45) is 5.41 Å². The molecule has 3 heteroatoms. The first-order chi connectivity index (χ1) is 9.16. The normalized spacial score (nSPS) is 43.9. The summed E-state index contributed by atoms with van der Waals surface area (Å²) in [6, 6.07) is 0. The maximum absolute atomic E-state index is 10.8. The molecule has 0 spiro atoms. The van der Waals surface area contributed by atoms with Gasteiger partial charge in [-0.05, 0) is 57.6 Å². The van der Waals surface area contributed by atoms with Gasteiger partial charge in [-0.15, -0.1) is 0 Å². The summed E-state index contributed by atoms with van der Waals surface area (Å²) < 4.78 is 6.52. The van der Waals surface area contributed by atoms with Crippen LogP contribution in [0.1, 0.15) is 66.7 Å². The van der Waals surface area contributed by atoms with E-state index in [0.717, 1.165) is 24.8 Å². The van der Waals surface area contributed by atoms with Crippen LogP contribution < -0.4 is 0 Å². The zero-order valence-electron chi connectivity index (χ0n) is 13.6. The van der Waals surface area contributed by atoms with Gasteiger partial charge in [0, 0.05) is 5.41 Å². The van der Waals surface area contributed by atoms with Crippen LogP contribution in [0.15, 0.2) is 11.6 Å². The zero-order chi connectivity index (χ0) is 15.2. The lowest BCUT2D eigenvalue weighted by Crippen LogP contribution is -2.63. The van der Waals surface area contributed by atoms with Crippen LogP contribution >= 0.6 is 0 Å². The number of ether oxygens (including phenoxy) is 1. The van der Waals surface area contributed by atoms with Crippen molar-refractivity contribution in [1.82, 2.24) is 0 Å². The van der Waals surface area contributed by atoms with Crippen LogP contribution in [-0.2, 0) is 4.74 Å². The van der Waals surface area contributed by atoms with Crippen molar-refractivity contribution in [3.8, 4) is 0 Å². The van der Waals surface area contributed by atoms with Crippen molar-refractivity contribution >= 4 is 0 Å². The monoisotopic (exact) mass is 282 g/mol. The predicted octanol–water partition coefficient (Wildman–Crippen LogP) is 3.19. The number of rotatable bonds is 3. The average Bonchev–Trinajstić information content (AvgIpc) is 2.39. The zero-order valence-corrected chi connectivity index (χ0v) is 13.6. The predicted molar refractivity (Wildman–Crippen MR) is 80.6 cm³/mol. The molecule has 3 atom stereocenters. The summed E-state index contributed by atoms with van der Waals surface area (Å²) in [6.45, 7) is 10.6. The van der Waals surface area contributed by atoms with Gasteiger partial charge in [0.25, 0.3) is 0 Å². The Balaban J connectivity index is 2.57. The van der Waals surface area contributed by atoms with Crippen molar-refractivity contribution < 1.29 is 14.9 Å². The maximum Gasteiger partial charge on any atom is 0.0973 e. The van der Waals surface area contributed by atoms with Gasteiger partial charge in [-0.3, -0.25) is 0 Å². The van der Waals surface area contributed by atoms with E-state index in [4.69, 9.17) is 4.74 Å². The van der Waals surface area contributed by atoms with E-state index in [1.165, 1.54) is 0 Å². The van der Waals surface area contributed by atoms with Gasteiger partial charge in [0.05, 0.1) is 23.4 Å². The third kappa shape index (κ3) is 2.24. The summed E-state index contributed by atoms with van der Waals surface area (Å²) in [6.07, 6.45) is 6.11. The fourth-order valence-corrected chi connectivity index (χ4v) is 4.40. The van der Waals surface area contributed by atoms with Gasteiger partial charge in [-0.2, -0.15) is 0 Å². The second kappa shape index (κ2) is 4.82. The molecule has 1 saturated heterocycles. The van der Waals surface area contributed by atoms with Gasteiger partial charge in [-0.1, -0.05) is 20.8 Å². The Morgan fingerprint density at radius 1 is 1.15 bits per heavy atom. The lowest BCUT2D eigenvalue weighted by molar-refractivity contribution is -0.238. The van der Waals surface area contributed by atoms with Crippen LogP contribution in [0.25, 0.3) is 0 Å². The van der Waals surface area contributed by atoms with Gasteiger partial charge >= 0.3 is 0 Å². The third-order valence-corrected chi connectivity index (χ3v) is 5.64. The van der Waals surface area contributed by atoms with Crippen LogP contribution in [-0.4, -0.2) is 33.6 Å². The molecule has 1 aliphatic carbocycles. The average molecular weight is 282 g/mol. The Labute approximate surface area is 123 Å². The third-order valence-electron chi connectivity index (χ3n) is 5.64. The lowest BCUT2D eigenvalue weighted by atomic mass is 9.54. The highest BCUT2D eigenvalue weighted by molar-refractivity contribution is 5.33. The van der Waals surface area contributed by atoms with E-state index < -0.39 is 11.2 Å². The number of hydrogen-bond donors (Lipinski definition) is 2. The van der Waals surface area contributed by atoms with E-state index in [-0.39, 0.29) is 17.6 Å². The van der Waals surface area contributed by atoms with Crippen LogP contribution in [0, 0.1) is 5.41 Å². The highest BCUT2D eigenvalue weighted by Crippen LogP contribution is 2.59. The second-order valence-corrected chi connectivity index (χ2v) is 7.56. The van der Waals surface area contributed by atoms with Crippen LogP contribution in [0.5, 0.6) is 0 Å². The Hall–Kier alpha value is -0.380. The van der Waals surface area contributed by atoms with E-state index >= 15 is 0 Å². The van der Waals surface area contributed by atoms with E-state index in [9.17, 15) is 10.2 Å². The minimum Gasteiger partial charge on any atom is -0.392 e. The molecule has 1 heterocycles. The number of aliphatic hydroxyl groups excluding tert-OH is 1. The molecule has 0 aromatic rings. The van der Waals surface area contributed by atoms with Crippen molar-refractivity contribution in [2.45, 2.75) is 83.5 Å². The largest absolute Gasteiger partial charge is 0.392 e. The van der Waals surface area contributed by atoms with Crippen molar-refractivity contribution in [3.05, 3.63) is 11.6 Å². The highest BCUT2D eigenvalue weighted by Gasteiger charge is 2.60. The summed E-state index contributed by atoms with van der Waals surface area (Å²) in [5, 5.41) is 20.7. The molecule has 1 fully saturated rings. The van der Waals surface area contributed by atoms with Crippen molar-refractivity contribution in [1.29, 1.82) is 0 Å². The van der Waals surface area contributed by atoms with Crippen molar-refractivity contribution in [3.63, 3.8) is 0 Å². The topological polar surface area (TPSA) is 49.7 Å². The Bertz CT molecular complexity index is 414. The van der Waals surface area contributed by atoms with Crippen LogP contribution in [0.3, 0.4) is 0 Å². The quantitative estimate of drug-likeness (QED) is 0.782. The van der Waals surface area contributed by atoms with Gasteiger partial charge in [-0.25, -0.2) is 0 Å². The maximum atomic E-state index is 10.8. The first-order valence-corrected chi connectivity index (χ1v) is 7.91. The summed E-state index contributed by atoms with van der Waals surface area (Å²) in [7, 11) is 0. The van der Waals surface area contributed by atoms with Crippen molar-refractivity contribution in [2.75, 3.05) is 6.61 Å². The van der Waals surface area contributed by atoms with E-state index in [0.29, 0.717) is 12.8 Å². The highest BCUT2D eigenvalue weighted by atomic mass is 16.5. The summed E-state index contributed by atoms with van der Waals surface area (Å²) in [5.41, 5.74) is -0.674. The molecule has 116 valence electrons. The minimum absolute atomic E-state index is 0.0399. The Morgan fingerprint density at radius 3 is 2.30 bits per heavy atom. The summed E-state index contributed by atoms with van der Waals surface area (Å²) in [5.74, 6) is 0.